The summed E-state index contributed by atoms with van der Waals surface area (Å²) in [6.07, 6.45) is 1.03. The molecule has 1 aromatic rings. The second-order valence-electron chi connectivity index (χ2n) is 4.10. The first-order chi connectivity index (χ1) is 7.54. The molecule has 16 heavy (non-hydrogen) atoms. The third-order valence-electron chi connectivity index (χ3n) is 2.86. The summed E-state index contributed by atoms with van der Waals surface area (Å²) in [7, 11) is 0. The van der Waals surface area contributed by atoms with Crippen LogP contribution in [-0.2, 0) is 0 Å². The molecule has 1 aromatic heterocycles. The second kappa shape index (κ2) is 5.49. The molecule has 0 aliphatic heterocycles. The van der Waals surface area contributed by atoms with Crippen LogP contribution in [0.15, 0.2) is 18.2 Å². The number of pyridine rings is 1. The number of carbonyl (C=O) groups is 1. The van der Waals surface area contributed by atoms with Crippen LogP contribution in [0.1, 0.15) is 37.7 Å². The van der Waals surface area contributed by atoms with Crippen molar-refractivity contribution in [3.63, 3.8) is 0 Å². The van der Waals surface area contributed by atoms with Gasteiger partial charge < -0.3 is 11.1 Å². The number of aromatic nitrogens is 1. The second-order valence-corrected chi connectivity index (χ2v) is 4.10. The van der Waals surface area contributed by atoms with Gasteiger partial charge in [-0.2, -0.15) is 0 Å². The predicted octanol–water partition coefficient (Wildman–Crippen LogP) is 1.83. The summed E-state index contributed by atoms with van der Waals surface area (Å²) in [5.41, 5.74) is 5.89. The number of amides is 1. The lowest BCUT2D eigenvalue weighted by Gasteiger charge is -2.19. The van der Waals surface area contributed by atoms with Gasteiger partial charge in [0.25, 0.3) is 5.91 Å². The molecule has 0 aromatic carbocycles. The summed E-state index contributed by atoms with van der Waals surface area (Å²) in [6.45, 7) is 6.21. The summed E-state index contributed by atoms with van der Waals surface area (Å²) in [5, 5.41) is 2.92. The van der Waals surface area contributed by atoms with Crippen molar-refractivity contribution in [2.45, 2.75) is 33.2 Å². The Morgan fingerprint density at radius 2 is 2.19 bits per heavy atom. The molecule has 0 bridgehead atoms. The standard InChI is InChI=1S/C12H19N3O/c1-4-8(2)9(3)14-12(16)10-6-5-7-11(13)15-10/h5-9H,4H2,1-3H3,(H2,13,15)(H,14,16). The monoisotopic (exact) mass is 221 g/mol. The minimum absolute atomic E-state index is 0.140. The molecular weight excluding hydrogens is 202 g/mol. The van der Waals surface area contributed by atoms with Crippen molar-refractivity contribution in [3.05, 3.63) is 23.9 Å². The number of carbonyl (C=O) groups excluding carboxylic acids is 1. The average molecular weight is 221 g/mol. The van der Waals surface area contributed by atoms with E-state index in [2.05, 4.69) is 24.1 Å². The molecule has 4 heteroatoms. The number of nitrogens with one attached hydrogen (secondary N) is 1. The molecule has 2 unspecified atom stereocenters. The van der Waals surface area contributed by atoms with Crippen molar-refractivity contribution in [3.8, 4) is 0 Å². The van der Waals surface area contributed by atoms with E-state index in [9.17, 15) is 4.79 Å². The Kier molecular flexibility index (Phi) is 4.28. The Hall–Kier alpha value is -1.58. The topological polar surface area (TPSA) is 68.0 Å². The molecule has 2 atom stereocenters. The highest BCUT2D eigenvalue weighted by molar-refractivity contribution is 5.92. The third-order valence-corrected chi connectivity index (χ3v) is 2.86. The highest BCUT2D eigenvalue weighted by Gasteiger charge is 2.15. The highest BCUT2D eigenvalue weighted by atomic mass is 16.1. The number of rotatable bonds is 4. The van der Waals surface area contributed by atoms with Crippen LogP contribution in [0.25, 0.3) is 0 Å². The van der Waals surface area contributed by atoms with Crippen LogP contribution in [0.3, 0.4) is 0 Å². The summed E-state index contributed by atoms with van der Waals surface area (Å²) >= 11 is 0. The summed E-state index contributed by atoms with van der Waals surface area (Å²) in [5.74, 6) is 0.647. The maximum atomic E-state index is 11.8. The van der Waals surface area contributed by atoms with Crippen molar-refractivity contribution >= 4 is 11.7 Å². The van der Waals surface area contributed by atoms with Gasteiger partial charge >= 0.3 is 0 Å². The molecular formula is C12H19N3O. The van der Waals surface area contributed by atoms with E-state index in [0.29, 0.717) is 17.4 Å². The van der Waals surface area contributed by atoms with Crippen LogP contribution < -0.4 is 11.1 Å². The Morgan fingerprint density at radius 3 is 2.75 bits per heavy atom. The molecule has 1 heterocycles. The van der Waals surface area contributed by atoms with Gasteiger partial charge in [0.15, 0.2) is 0 Å². The number of nitrogens with two attached hydrogens (primary N) is 1. The van der Waals surface area contributed by atoms with Gasteiger partial charge in [-0.15, -0.1) is 0 Å². The maximum absolute atomic E-state index is 11.8. The smallest absolute Gasteiger partial charge is 0.270 e. The molecule has 0 aliphatic rings. The van der Waals surface area contributed by atoms with Gasteiger partial charge in [-0.1, -0.05) is 26.3 Å². The van der Waals surface area contributed by atoms with Gasteiger partial charge in [-0.25, -0.2) is 4.98 Å². The summed E-state index contributed by atoms with van der Waals surface area (Å²) < 4.78 is 0. The lowest BCUT2D eigenvalue weighted by Crippen LogP contribution is -2.37. The van der Waals surface area contributed by atoms with Gasteiger partial charge in [-0.05, 0) is 25.0 Å². The lowest BCUT2D eigenvalue weighted by atomic mass is 10.0. The Morgan fingerprint density at radius 1 is 1.50 bits per heavy atom. The number of nitrogens with zero attached hydrogens (tertiary/aromatic N) is 1. The van der Waals surface area contributed by atoms with Crippen LogP contribution in [0.4, 0.5) is 5.82 Å². The number of hydrogen-bond donors (Lipinski definition) is 2. The number of nitrogen functional groups attached to an aromatic ring is 1. The highest BCUT2D eigenvalue weighted by Crippen LogP contribution is 2.08. The van der Waals surface area contributed by atoms with Crippen molar-refractivity contribution in [1.29, 1.82) is 0 Å². The Bertz CT molecular complexity index is 365. The van der Waals surface area contributed by atoms with Crippen molar-refractivity contribution in [1.82, 2.24) is 10.3 Å². The van der Waals surface area contributed by atoms with Gasteiger partial charge in [0, 0.05) is 6.04 Å². The van der Waals surface area contributed by atoms with Crippen LogP contribution in [0.2, 0.25) is 0 Å². The Balaban J connectivity index is 2.66. The van der Waals surface area contributed by atoms with E-state index >= 15 is 0 Å². The first kappa shape index (κ1) is 12.5. The number of hydrogen-bond acceptors (Lipinski definition) is 3. The van der Waals surface area contributed by atoms with E-state index in [1.54, 1.807) is 18.2 Å². The molecule has 3 N–H and O–H groups in total. The normalized spacial score (nSPS) is 14.2. The van der Waals surface area contributed by atoms with Crippen LogP contribution in [0.5, 0.6) is 0 Å². The van der Waals surface area contributed by atoms with Crippen molar-refractivity contribution in [2.75, 3.05) is 5.73 Å². The largest absolute Gasteiger partial charge is 0.384 e. The third kappa shape index (κ3) is 3.22. The first-order valence-electron chi connectivity index (χ1n) is 5.58. The molecule has 0 radical (unpaired) electrons. The maximum Gasteiger partial charge on any atom is 0.270 e. The Labute approximate surface area is 96.3 Å². The quantitative estimate of drug-likeness (QED) is 0.815. The van der Waals surface area contributed by atoms with Crippen LogP contribution in [-0.4, -0.2) is 16.9 Å². The molecule has 0 aliphatic carbocycles. The van der Waals surface area contributed by atoms with E-state index < -0.39 is 0 Å². The fourth-order valence-corrected chi connectivity index (χ4v) is 1.35. The SMILES string of the molecule is CCC(C)C(C)NC(=O)c1cccc(N)n1. The zero-order valence-corrected chi connectivity index (χ0v) is 10.0. The molecule has 0 saturated heterocycles. The zero-order chi connectivity index (χ0) is 12.1. The van der Waals surface area contributed by atoms with Gasteiger partial charge in [0.2, 0.25) is 0 Å². The predicted molar refractivity (Wildman–Crippen MR) is 65.0 cm³/mol. The van der Waals surface area contributed by atoms with E-state index in [0.717, 1.165) is 6.42 Å². The van der Waals surface area contributed by atoms with E-state index in [1.165, 1.54) is 0 Å². The van der Waals surface area contributed by atoms with Gasteiger partial charge in [-0.3, -0.25) is 4.79 Å². The van der Waals surface area contributed by atoms with E-state index in [1.807, 2.05) is 6.92 Å². The number of anilines is 1. The molecule has 0 spiro atoms. The van der Waals surface area contributed by atoms with Crippen LogP contribution in [0, 0.1) is 5.92 Å². The molecule has 0 fully saturated rings. The molecule has 1 amide bonds. The minimum atomic E-state index is -0.167. The summed E-state index contributed by atoms with van der Waals surface area (Å²) in [4.78, 5) is 15.8. The van der Waals surface area contributed by atoms with Gasteiger partial charge in [0.1, 0.15) is 11.5 Å². The average Bonchev–Trinajstić information content (AvgIpc) is 2.27. The fourth-order valence-electron chi connectivity index (χ4n) is 1.35. The summed E-state index contributed by atoms with van der Waals surface area (Å²) in [6, 6.07) is 5.19. The first-order valence-corrected chi connectivity index (χ1v) is 5.58. The zero-order valence-electron chi connectivity index (χ0n) is 10.0. The molecule has 4 nitrogen and oxygen atoms in total. The lowest BCUT2D eigenvalue weighted by molar-refractivity contribution is 0.0923. The van der Waals surface area contributed by atoms with E-state index in [-0.39, 0.29) is 11.9 Å². The minimum Gasteiger partial charge on any atom is -0.384 e. The van der Waals surface area contributed by atoms with E-state index in [4.69, 9.17) is 5.73 Å². The van der Waals surface area contributed by atoms with Crippen molar-refractivity contribution < 1.29 is 4.79 Å². The molecule has 88 valence electrons. The fraction of sp³-hybridized carbons (Fsp3) is 0.500. The molecule has 1 rings (SSSR count). The van der Waals surface area contributed by atoms with Crippen LogP contribution >= 0.6 is 0 Å². The molecule has 0 saturated carbocycles. The van der Waals surface area contributed by atoms with Crippen molar-refractivity contribution in [2.24, 2.45) is 5.92 Å². The van der Waals surface area contributed by atoms with Gasteiger partial charge in [0.05, 0.1) is 0 Å².